The molecule has 0 amide bonds. The van der Waals surface area contributed by atoms with E-state index in [1.54, 1.807) is 24.3 Å². The monoisotopic (exact) mass is 342 g/mol. The fourth-order valence-corrected chi connectivity index (χ4v) is 2.26. The van der Waals surface area contributed by atoms with Crippen molar-refractivity contribution in [2.45, 2.75) is 53.6 Å². The topological polar surface area (TPSA) is 52.6 Å². The number of rotatable bonds is 4. The molecule has 4 nitrogen and oxygen atoms in total. The van der Waals surface area contributed by atoms with Crippen LogP contribution in [0.3, 0.4) is 0 Å². The minimum atomic E-state index is -0.575. The fourth-order valence-electron chi connectivity index (χ4n) is 2.26. The largest absolute Gasteiger partial charge is 0.456 e. The molecule has 2 aromatic rings. The molecule has 0 unspecified atom stereocenters. The second-order valence-electron chi connectivity index (χ2n) is 7.79. The van der Waals surface area contributed by atoms with Crippen LogP contribution >= 0.6 is 0 Å². The SMILES string of the molecule is CCC(C)(C)C(=O)Oc1cccc2c(C(=O)OC(C)(C)C)cccc12. The summed E-state index contributed by atoms with van der Waals surface area (Å²) in [7, 11) is 0. The Morgan fingerprint density at radius 2 is 1.52 bits per heavy atom. The van der Waals surface area contributed by atoms with Crippen molar-refractivity contribution < 1.29 is 19.1 Å². The van der Waals surface area contributed by atoms with Crippen molar-refractivity contribution >= 4 is 22.7 Å². The molecule has 4 heteroatoms. The Kier molecular flexibility index (Phi) is 5.21. The molecule has 25 heavy (non-hydrogen) atoms. The van der Waals surface area contributed by atoms with Crippen LogP contribution in [-0.2, 0) is 9.53 Å². The van der Waals surface area contributed by atoms with Gasteiger partial charge in [-0.1, -0.05) is 31.2 Å². The van der Waals surface area contributed by atoms with Crippen LogP contribution in [0.5, 0.6) is 5.75 Å². The highest BCUT2D eigenvalue weighted by Crippen LogP contribution is 2.31. The smallest absolute Gasteiger partial charge is 0.339 e. The third-order valence-corrected chi connectivity index (χ3v) is 4.14. The first kappa shape index (κ1) is 19.0. The number of esters is 2. The molecule has 0 saturated heterocycles. The van der Waals surface area contributed by atoms with Gasteiger partial charge in [0.1, 0.15) is 11.4 Å². The van der Waals surface area contributed by atoms with E-state index in [4.69, 9.17) is 9.47 Å². The molecule has 0 aromatic heterocycles. The van der Waals surface area contributed by atoms with Gasteiger partial charge in [0.2, 0.25) is 0 Å². The molecule has 0 saturated carbocycles. The molecule has 0 aliphatic rings. The number of benzene rings is 2. The standard InChI is InChI=1S/C21H26O4/c1-7-21(5,6)19(23)24-17-13-9-10-14-15(17)11-8-12-16(14)18(22)25-20(2,3)4/h8-13H,7H2,1-6H3. The number of carbonyl (C=O) groups excluding carboxylic acids is 2. The van der Waals surface area contributed by atoms with E-state index in [0.29, 0.717) is 28.5 Å². The second-order valence-corrected chi connectivity index (χ2v) is 7.79. The van der Waals surface area contributed by atoms with Gasteiger partial charge in [0.05, 0.1) is 11.0 Å². The molecule has 0 heterocycles. The lowest BCUT2D eigenvalue weighted by atomic mass is 9.90. The zero-order valence-corrected chi connectivity index (χ0v) is 15.8. The lowest BCUT2D eigenvalue weighted by Gasteiger charge is -2.21. The molecule has 2 rings (SSSR count). The summed E-state index contributed by atoms with van der Waals surface area (Å²) in [5, 5.41) is 1.42. The molecule has 0 aliphatic heterocycles. The maximum Gasteiger partial charge on any atom is 0.339 e. The van der Waals surface area contributed by atoms with Gasteiger partial charge in [0.25, 0.3) is 0 Å². The Morgan fingerprint density at radius 3 is 2.12 bits per heavy atom. The summed E-state index contributed by atoms with van der Waals surface area (Å²) in [5.41, 5.74) is -0.681. The molecule has 2 aromatic carbocycles. The van der Waals surface area contributed by atoms with Crippen LogP contribution in [0.15, 0.2) is 36.4 Å². The van der Waals surface area contributed by atoms with Gasteiger partial charge in [-0.05, 0) is 58.6 Å². The molecule has 134 valence electrons. The van der Waals surface area contributed by atoms with Crippen molar-refractivity contribution in [2.24, 2.45) is 5.41 Å². The summed E-state index contributed by atoms with van der Waals surface area (Å²) in [5.74, 6) is -0.227. The Hall–Kier alpha value is -2.36. The average molecular weight is 342 g/mol. The van der Waals surface area contributed by atoms with Crippen LogP contribution in [0.4, 0.5) is 0 Å². The van der Waals surface area contributed by atoms with E-state index < -0.39 is 17.0 Å². The van der Waals surface area contributed by atoms with Crippen molar-refractivity contribution in [1.29, 1.82) is 0 Å². The average Bonchev–Trinajstić information content (AvgIpc) is 2.52. The fraction of sp³-hybridized carbons (Fsp3) is 0.429. The van der Waals surface area contributed by atoms with Gasteiger partial charge in [-0.3, -0.25) is 4.79 Å². The van der Waals surface area contributed by atoms with Crippen LogP contribution in [0.25, 0.3) is 10.8 Å². The van der Waals surface area contributed by atoms with Crippen molar-refractivity contribution in [1.82, 2.24) is 0 Å². The van der Waals surface area contributed by atoms with Gasteiger partial charge in [0, 0.05) is 5.39 Å². The van der Waals surface area contributed by atoms with Gasteiger partial charge < -0.3 is 9.47 Å². The highest BCUT2D eigenvalue weighted by atomic mass is 16.6. The molecule has 0 spiro atoms. The minimum Gasteiger partial charge on any atom is -0.456 e. The van der Waals surface area contributed by atoms with Crippen LogP contribution in [-0.4, -0.2) is 17.5 Å². The number of hydrogen-bond acceptors (Lipinski definition) is 4. The van der Waals surface area contributed by atoms with Gasteiger partial charge >= 0.3 is 11.9 Å². The molecular formula is C21H26O4. The molecule has 0 radical (unpaired) electrons. The van der Waals surface area contributed by atoms with Crippen LogP contribution in [0, 0.1) is 5.41 Å². The predicted molar refractivity (Wildman–Crippen MR) is 98.8 cm³/mol. The Balaban J connectivity index is 2.45. The normalized spacial score (nSPS) is 12.1. The summed E-state index contributed by atoms with van der Waals surface area (Å²) >= 11 is 0. The van der Waals surface area contributed by atoms with E-state index in [1.165, 1.54) is 0 Å². The highest BCUT2D eigenvalue weighted by molar-refractivity contribution is 6.06. The van der Waals surface area contributed by atoms with Gasteiger partial charge in [-0.2, -0.15) is 0 Å². The summed E-state index contributed by atoms with van der Waals surface area (Å²) in [4.78, 5) is 24.9. The lowest BCUT2D eigenvalue weighted by molar-refractivity contribution is -0.144. The molecule has 0 fully saturated rings. The Morgan fingerprint density at radius 1 is 0.920 bits per heavy atom. The minimum absolute atomic E-state index is 0.287. The summed E-state index contributed by atoms with van der Waals surface area (Å²) < 4.78 is 11.1. The molecule has 0 aliphatic carbocycles. The van der Waals surface area contributed by atoms with Crippen molar-refractivity contribution in [3.8, 4) is 5.75 Å². The number of carbonyl (C=O) groups is 2. The summed E-state index contributed by atoms with van der Waals surface area (Å²) in [6.45, 7) is 11.1. The third-order valence-electron chi connectivity index (χ3n) is 4.14. The number of ether oxygens (including phenoxy) is 2. The lowest BCUT2D eigenvalue weighted by Crippen LogP contribution is -2.28. The maximum absolute atomic E-state index is 12.5. The van der Waals surface area contributed by atoms with Gasteiger partial charge in [-0.15, -0.1) is 0 Å². The van der Waals surface area contributed by atoms with E-state index >= 15 is 0 Å². The quantitative estimate of drug-likeness (QED) is 0.570. The highest BCUT2D eigenvalue weighted by Gasteiger charge is 2.28. The number of fused-ring (bicyclic) bond motifs is 1. The van der Waals surface area contributed by atoms with Crippen molar-refractivity contribution in [3.63, 3.8) is 0 Å². The van der Waals surface area contributed by atoms with E-state index in [0.717, 1.165) is 0 Å². The first-order valence-electron chi connectivity index (χ1n) is 8.52. The van der Waals surface area contributed by atoms with Crippen LogP contribution in [0.2, 0.25) is 0 Å². The summed E-state index contributed by atoms with van der Waals surface area (Å²) in [6, 6.07) is 10.7. The van der Waals surface area contributed by atoms with E-state index in [2.05, 4.69) is 0 Å². The van der Waals surface area contributed by atoms with E-state index in [-0.39, 0.29) is 5.97 Å². The first-order chi connectivity index (χ1) is 11.5. The summed E-state index contributed by atoms with van der Waals surface area (Å²) in [6.07, 6.45) is 0.680. The van der Waals surface area contributed by atoms with Crippen LogP contribution < -0.4 is 4.74 Å². The van der Waals surface area contributed by atoms with Gasteiger partial charge in [0.15, 0.2) is 0 Å². The van der Waals surface area contributed by atoms with Crippen molar-refractivity contribution in [3.05, 3.63) is 42.0 Å². The molecule has 0 bridgehead atoms. The Bertz CT molecular complexity index is 797. The van der Waals surface area contributed by atoms with Crippen LogP contribution in [0.1, 0.15) is 58.3 Å². The number of hydrogen-bond donors (Lipinski definition) is 0. The van der Waals surface area contributed by atoms with Crippen molar-refractivity contribution in [2.75, 3.05) is 0 Å². The van der Waals surface area contributed by atoms with E-state index in [9.17, 15) is 9.59 Å². The maximum atomic E-state index is 12.5. The zero-order valence-electron chi connectivity index (χ0n) is 15.8. The molecule has 0 atom stereocenters. The zero-order chi connectivity index (χ0) is 18.8. The molecular weight excluding hydrogens is 316 g/mol. The first-order valence-corrected chi connectivity index (χ1v) is 8.52. The third kappa shape index (κ3) is 4.38. The Labute approximate surface area is 149 Å². The predicted octanol–water partition coefficient (Wildman–Crippen LogP) is 5.14. The second kappa shape index (κ2) is 6.87. The van der Waals surface area contributed by atoms with E-state index in [1.807, 2.05) is 53.7 Å². The van der Waals surface area contributed by atoms with Gasteiger partial charge in [-0.25, -0.2) is 4.79 Å². The molecule has 0 N–H and O–H groups in total.